The fourth-order valence-corrected chi connectivity index (χ4v) is 3.62. The second-order valence-electron chi connectivity index (χ2n) is 6.60. The Morgan fingerprint density at radius 1 is 0.857 bits per heavy atom. The second kappa shape index (κ2) is 7.33. The molecule has 0 aliphatic heterocycles. The molecular formula is C14H23N3OS3. The molecule has 0 saturated heterocycles. The van der Waals surface area contributed by atoms with Crippen LogP contribution in [0.5, 0.6) is 0 Å². The summed E-state index contributed by atoms with van der Waals surface area (Å²) < 4.78 is 0.0705. The summed E-state index contributed by atoms with van der Waals surface area (Å²) >= 11 is 4.60. The third-order valence-electron chi connectivity index (χ3n) is 1.77. The molecule has 0 N–H and O–H groups in total. The van der Waals surface area contributed by atoms with E-state index in [0.29, 0.717) is 10.9 Å². The summed E-state index contributed by atoms with van der Waals surface area (Å²) in [5.41, 5.74) is 0. The van der Waals surface area contributed by atoms with Crippen molar-refractivity contribution in [1.29, 1.82) is 0 Å². The van der Waals surface area contributed by atoms with Crippen LogP contribution in [0, 0.1) is 0 Å². The molecule has 0 bridgehead atoms. The lowest BCUT2D eigenvalue weighted by molar-refractivity contribution is -0.114. The molecule has 1 aromatic heterocycles. The van der Waals surface area contributed by atoms with Crippen LogP contribution in [0.15, 0.2) is 15.5 Å². The summed E-state index contributed by atoms with van der Waals surface area (Å²) in [4.78, 5) is 24.6. The van der Waals surface area contributed by atoms with Crippen LogP contribution in [0.2, 0.25) is 0 Å². The summed E-state index contributed by atoms with van der Waals surface area (Å²) in [6.07, 6.45) is 0. The van der Waals surface area contributed by atoms with Gasteiger partial charge in [0.25, 0.3) is 0 Å². The van der Waals surface area contributed by atoms with Gasteiger partial charge in [0.15, 0.2) is 15.5 Å². The van der Waals surface area contributed by atoms with Crippen LogP contribution in [0.4, 0.5) is 0 Å². The number of hydrogen-bond donors (Lipinski definition) is 0. The number of hydrogen-bond acceptors (Lipinski definition) is 7. The fourth-order valence-electron chi connectivity index (χ4n) is 1.19. The van der Waals surface area contributed by atoms with E-state index in [2.05, 4.69) is 56.5 Å². The van der Waals surface area contributed by atoms with E-state index in [1.54, 1.807) is 30.4 Å². The predicted molar refractivity (Wildman–Crippen MR) is 92.5 cm³/mol. The lowest BCUT2D eigenvalue weighted by atomic mass is 10.3. The molecule has 0 aliphatic rings. The number of thioether (sulfide) groups is 3. The van der Waals surface area contributed by atoms with Crippen LogP contribution in [0.1, 0.15) is 48.5 Å². The quantitative estimate of drug-likeness (QED) is 0.736. The van der Waals surface area contributed by atoms with Crippen molar-refractivity contribution in [2.75, 3.05) is 5.75 Å². The van der Waals surface area contributed by atoms with Crippen molar-refractivity contribution in [3.63, 3.8) is 0 Å². The topological polar surface area (TPSA) is 55.7 Å². The third kappa shape index (κ3) is 8.68. The standard InChI is InChI=1S/C14H23N3OS3/c1-9(18)8-19-10-15-11(20-13(2,3)4)17-12(16-10)21-14(5,6)7/h8H2,1-7H3. The lowest BCUT2D eigenvalue weighted by Crippen LogP contribution is -2.12. The molecule has 1 rings (SSSR count). The molecule has 0 aliphatic carbocycles. The van der Waals surface area contributed by atoms with Gasteiger partial charge in [-0.1, -0.05) is 76.8 Å². The molecule has 4 nitrogen and oxygen atoms in total. The molecule has 21 heavy (non-hydrogen) atoms. The monoisotopic (exact) mass is 345 g/mol. The Morgan fingerprint density at radius 2 is 1.24 bits per heavy atom. The number of rotatable bonds is 5. The lowest BCUT2D eigenvalue weighted by Gasteiger charge is -2.19. The predicted octanol–water partition coefficient (Wildman–Crippen LogP) is 4.33. The molecule has 7 heteroatoms. The first-order valence-electron chi connectivity index (χ1n) is 6.71. The molecule has 0 fully saturated rings. The first-order valence-corrected chi connectivity index (χ1v) is 9.33. The molecule has 0 radical (unpaired) electrons. The average molecular weight is 346 g/mol. The smallest absolute Gasteiger partial charge is 0.193 e. The van der Waals surface area contributed by atoms with Gasteiger partial charge in [-0.3, -0.25) is 4.79 Å². The van der Waals surface area contributed by atoms with Gasteiger partial charge in [0.1, 0.15) is 5.78 Å². The number of ketones is 1. The van der Waals surface area contributed by atoms with E-state index in [-0.39, 0.29) is 15.3 Å². The van der Waals surface area contributed by atoms with Crippen LogP contribution >= 0.6 is 35.3 Å². The normalized spacial score (nSPS) is 12.5. The highest BCUT2D eigenvalue weighted by Crippen LogP contribution is 2.34. The summed E-state index contributed by atoms with van der Waals surface area (Å²) in [7, 11) is 0. The summed E-state index contributed by atoms with van der Waals surface area (Å²) in [6.45, 7) is 14.3. The van der Waals surface area contributed by atoms with Crippen LogP contribution in [0.25, 0.3) is 0 Å². The Balaban J connectivity index is 3.04. The van der Waals surface area contributed by atoms with Crippen molar-refractivity contribution in [3.05, 3.63) is 0 Å². The second-order valence-corrected chi connectivity index (χ2v) is 11.1. The van der Waals surface area contributed by atoms with Gasteiger partial charge in [-0.25, -0.2) is 0 Å². The Hall–Kier alpha value is -0.270. The zero-order chi connectivity index (χ0) is 16.3. The van der Waals surface area contributed by atoms with Crippen molar-refractivity contribution < 1.29 is 4.79 Å². The molecule has 118 valence electrons. The van der Waals surface area contributed by atoms with Gasteiger partial charge < -0.3 is 0 Å². The van der Waals surface area contributed by atoms with Crippen molar-refractivity contribution in [1.82, 2.24) is 15.0 Å². The minimum atomic E-state index is 0.0353. The van der Waals surface area contributed by atoms with Crippen LogP contribution in [-0.2, 0) is 4.79 Å². The molecule has 0 amide bonds. The number of carbonyl (C=O) groups is 1. The molecule has 0 unspecified atom stereocenters. The Kier molecular flexibility index (Phi) is 6.55. The zero-order valence-electron chi connectivity index (χ0n) is 13.7. The molecular weight excluding hydrogens is 322 g/mol. The highest BCUT2D eigenvalue weighted by Gasteiger charge is 2.20. The Labute approximate surface area is 140 Å². The average Bonchev–Trinajstić information content (AvgIpc) is 2.20. The van der Waals surface area contributed by atoms with E-state index in [4.69, 9.17) is 0 Å². The maximum Gasteiger partial charge on any atom is 0.193 e. The highest BCUT2D eigenvalue weighted by molar-refractivity contribution is 8.01. The molecule has 1 aromatic rings. The van der Waals surface area contributed by atoms with Gasteiger partial charge in [0, 0.05) is 9.49 Å². The van der Waals surface area contributed by atoms with Crippen molar-refractivity contribution in [2.45, 2.75) is 73.4 Å². The van der Waals surface area contributed by atoms with Crippen LogP contribution < -0.4 is 0 Å². The largest absolute Gasteiger partial charge is 0.299 e. The fraction of sp³-hybridized carbons (Fsp3) is 0.714. The minimum absolute atomic E-state index is 0.0353. The van der Waals surface area contributed by atoms with Crippen molar-refractivity contribution >= 4 is 41.1 Å². The Morgan fingerprint density at radius 3 is 1.57 bits per heavy atom. The van der Waals surface area contributed by atoms with Crippen molar-refractivity contribution in [2.24, 2.45) is 0 Å². The number of aromatic nitrogens is 3. The molecule has 1 heterocycles. The van der Waals surface area contributed by atoms with Gasteiger partial charge >= 0.3 is 0 Å². The highest BCUT2D eigenvalue weighted by atomic mass is 32.2. The summed E-state index contributed by atoms with van der Waals surface area (Å²) in [5, 5.41) is 2.06. The van der Waals surface area contributed by atoms with E-state index < -0.39 is 0 Å². The molecule has 0 spiro atoms. The van der Waals surface area contributed by atoms with Crippen LogP contribution in [0.3, 0.4) is 0 Å². The van der Waals surface area contributed by atoms with Crippen molar-refractivity contribution in [3.8, 4) is 0 Å². The maximum absolute atomic E-state index is 11.1. The van der Waals surface area contributed by atoms with E-state index >= 15 is 0 Å². The molecule has 0 saturated carbocycles. The van der Waals surface area contributed by atoms with Gasteiger partial charge in [0.05, 0.1) is 5.75 Å². The molecule has 0 aromatic carbocycles. The number of Topliss-reactive ketones (excluding diaryl/α,β-unsaturated/α-hetero) is 1. The first-order chi connectivity index (χ1) is 9.44. The van der Waals surface area contributed by atoms with Gasteiger partial charge in [-0.15, -0.1) is 0 Å². The zero-order valence-corrected chi connectivity index (χ0v) is 16.1. The minimum Gasteiger partial charge on any atom is -0.299 e. The number of nitrogens with zero attached hydrogens (tertiary/aromatic N) is 3. The molecule has 0 atom stereocenters. The van der Waals surface area contributed by atoms with E-state index in [1.807, 2.05) is 0 Å². The third-order valence-corrected chi connectivity index (χ3v) is 4.72. The van der Waals surface area contributed by atoms with Gasteiger partial charge in [-0.05, 0) is 6.92 Å². The Bertz CT molecular complexity index is 473. The SMILES string of the molecule is CC(=O)CSc1nc(SC(C)(C)C)nc(SC(C)(C)C)n1. The van der Waals surface area contributed by atoms with E-state index in [9.17, 15) is 4.79 Å². The van der Waals surface area contributed by atoms with Gasteiger partial charge in [-0.2, -0.15) is 15.0 Å². The van der Waals surface area contributed by atoms with Crippen LogP contribution in [-0.4, -0.2) is 36.0 Å². The number of carbonyl (C=O) groups excluding carboxylic acids is 1. The summed E-state index contributed by atoms with van der Waals surface area (Å²) in [6, 6.07) is 0. The van der Waals surface area contributed by atoms with E-state index in [1.165, 1.54) is 11.8 Å². The summed E-state index contributed by atoms with van der Waals surface area (Å²) in [5.74, 6) is 0.513. The van der Waals surface area contributed by atoms with E-state index in [0.717, 1.165) is 10.3 Å². The maximum atomic E-state index is 11.1. The van der Waals surface area contributed by atoms with Gasteiger partial charge in [0.2, 0.25) is 0 Å². The first kappa shape index (κ1) is 18.8.